The molecule has 4 nitrogen and oxygen atoms in total. The molecule has 0 atom stereocenters. The third-order valence-electron chi connectivity index (χ3n) is 3.41. The number of nitrogens with zero attached hydrogens (tertiary/aromatic N) is 2. The summed E-state index contributed by atoms with van der Waals surface area (Å²) in [6, 6.07) is 8.78. The van der Waals surface area contributed by atoms with Crippen LogP contribution < -0.4 is 10.6 Å². The van der Waals surface area contributed by atoms with Crippen LogP contribution in [0.15, 0.2) is 46.0 Å². The zero-order valence-electron chi connectivity index (χ0n) is 13.3. The first kappa shape index (κ1) is 18.7. The van der Waals surface area contributed by atoms with Crippen LogP contribution in [0.25, 0.3) is 0 Å². The fourth-order valence-electron chi connectivity index (χ4n) is 2.12. The lowest BCUT2D eigenvalue weighted by molar-refractivity contribution is 0.620. The number of rotatable bonds is 6. The largest absolute Gasteiger partial charge is 0.356 e. The molecule has 0 aliphatic heterocycles. The van der Waals surface area contributed by atoms with E-state index >= 15 is 0 Å². The Balaban J connectivity index is 1.72. The van der Waals surface area contributed by atoms with Crippen molar-refractivity contribution >= 4 is 33.5 Å². The second-order valence-corrected chi connectivity index (χ2v) is 6.40. The molecular formula is C17H19BrClFN4. The summed E-state index contributed by atoms with van der Waals surface area (Å²) < 4.78 is 13.7. The summed E-state index contributed by atoms with van der Waals surface area (Å²) in [6.07, 6.45) is 3.38. The standard InChI is InChI=1S/C17H19BrClFN4/c1-21-17(23-9-7-13-3-5-16(19)24-11-13)22-8-6-12-2-4-15(20)14(18)10-12/h2-5,10-11H,6-9H2,1H3,(H2,21,22,23). The lowest BCUT2D eigenvalue weighted by Gasteiger charge is -2.12. The van der Waals surface area contributed by atoms with Crippen LogP contribution in [0.2, 0.25) is 5.15 Å². The third-order valence-corrected chi connectivity index (χ3v) is 4.24. The van der Waals surface area contributed by atoms with Crippen molar-refractivity contribution in [1.82, 2.24) is 15.6 Å². The molecule has 128 valence electrons. The maximum absolute atomic E-state index is 13.2. The van der Waals surface area contributed by atoms with Gasteiger partial charge in [0.1, 0.15) is 11.0 Å². The molecule has 1 heterocycles. The monoisotopic (exact) mass is 412 g/mol. The van der Waals surface area contributed by atoms with E-state index in [9.17, 15) is 4.39 Å². The summed E-state index contributed by atoms with van der Waals surface area (Å²) in [7, 11) is 1.73. The van der Waals surface area contributed by atoms with Crippen molar-refractivity contribution in [2.75, 3.05) is 20.1 Å². The van der Waals surface area contributed by atoms with Crippen LogP contribution in [0.5, 0.6) is 0 Å². The van der Waals surface area contributed by atoms with Crippen molar-refractivity contribution < 1.29 is 4.39 Å². The van der Waals surface area contributed by atoms with Gasteiger partial charge in [0.2, 0.25) is 0 Å². The summed E-state index contributed by atoms with van der Waals surface area (Å²) in [5, 5.41) is 6.99. The van der Waals surface area contributed by atoms with E-state index in [4.69, 9.17) is 11.6 Å². The smallest absolute Gasteiger partial charge is 0.190 e. The minimum absolute atomic E-state index is 0.249. The molecule has 0 aliphatic rings. The number of benzene rings is 1. The summed E-state index contributed by atoms with van der Waals surface area (Å²) in [5.74, 6) is 0.485. The Morgan fingerprint density at radius 1 is 1.17 bits per heavy atom. The van der Waals surface area contributed by atoms with Gasteiger partial charge in [0.05, 0.1) is 4.47 Å². The van der Waals surface area contributed by atoms with Crippen LogP contribution in [0.1, 0.15) is 11.1 Å². The molecule has 0 fully saturated rings. The van der Waals surface area contributed by atoms with Gasteiger partial charge in [-0.15, -0.1) is 0 Å². The van der Waals surface area contributed by atoms with Crippen molar-refractivity contribution in [3.63, 3.8) is 0 Å². The van der Waals surface area contributed by atoms with Gasteiger partial charge in [-0.2, -0.15) is 0 Å². The highest BCUT2D eigenvalue weighted by Gasteiger charge is 2.02. The van der Waals surface area contributed by atoms with E-state index in [1.165, 1.54) is 6.07 Å². The first-order chi connectivity index (χ1) is 11.6. The van der Waals surface area contributed by atoms with Gasteiger partial charge >= 0.3 is 0 Å². The molecule has 0 unspecified atom stereocenters. The Labute approximate surface area is 154 Å². The number of hydrogen-bond acceptors (Lipinski definition) is 2. The lowest BCUT2D eigenvalue weighted by atomic mass is 10.1. The zero-order chi connectivity index (χ0) is 17.4. The highest BCUT2D eigenvalue weighted by molar-refractivity contribution is 9.10. The highest BCUT2D eigenvalue weighted by Crippen LogP contribution is 2.16. The van der Waals surface area contributed by atoms with E-state index in [-0.39, 0.29) is 5.82 Å². The molecule has 0 amide bonds. The Morgan fingerprint density at radius 2 is 1.83 bits per heavy atom. The van der Waals surface area contributed by atoms with Gasteiger partial charge in [-0.3, -0.25) is 4.99 Å². The van der Waals surface area contributed by atoms with Gasteiger partial charge < -0.3 is 10.6 Å². The van der Waals surface area contributed by atoms with Crippen molar-refractivity contribution in [3.05, 3.63) is 63.1 Å². The maximum atomic E-state index is 13.2. The highest BCUT2D eigenvalue weighted by atomic mass is 79.9. The Hall–Kier alpha value is -1.66. The minimum atomic E-state index is -0.249. The van der Waals surface area contributed by atoms with E-state index in [0.717, 1.165) is 36.5 Å². The van der Waals surface area contributed by atoms with Crippen molar-refractivity contribution in [2.45, 2.75) is 12.8 Å². The molecule has 0 saturated carbocycles. The van der Waals surface area contributed by atoms with Crippen LogP contribution in [-0.2, 0) is 12.8 Å². The number of aliphatic imine (C=N–C) groups is 1. The normalized spacial score (nSPS) is 11.4. The minimum Gasteiger partial charge on any atom is -0.356 e. The van der Waals surface area contributed by atoms with Gasteiger partial charge in [-0.1, -0.05) is 23.7 Å². The predicted octanol–water partition coefficient (Wildman–Crippen LogP) is 3.59. The summed E-state index contributed by atoms with van der Waals surface area (Å²) in [4.78, 5) is 8.24. The Morgan fingerprint density at radius 3 is 2.42 bits per heavy atom. The van der Waals surface area contributed by atoms with Crippen molar-refractivity contribution in [2.24, 2.45) is 4.99 Å². The first-order valence-electron chi connectivity index (χ1n) is 7.57. The molecule has 0 spiro atoms. The molecule has 1 aromatic carbocycles. The first-order valence-corrected chi connectivity index (χ1v) is 8.74. The number of guanidine groups is 1. The molecule has 7 heteroatoms. The van der Waals surface area contributed by atoms with Gasteiger partial charge in [0.15, 0.2) is 5.96 Å². The molecule has 0 aliphatic carbocycles. The van der Waals surface area contributed by atoms with Gasteiger partial charge in [0, 0.05) is 26.3 Å². The van der Waals surface area contributed by atoms with Gasteiger partial charge in [-0.05, 0) is 58.1 Å². The van der Waals surface area contributed by atoms with Gasteiger partial charge in [0.25, 0.3) is 0 Å². The van der Waals surface area contributed by atoms with Crippen molar-refractivity contribution in [1.29, 1.82) is 0 Å². The fourth-order valence-corrected chi connectivity index (χ4v) is 2.66. The third kappa shape index (κ3) is 6.09. The van der Waals surface area contributed by atoms with Crippen LogP contribution in [0.4, 0.5) is 4.39 Å². The number of halogens is 3. The number of aromatic nitrogens is 1. The average Bonchev–Trinajstić information content (AvgIpc) is 2.58. The molecule has 24 heavy (non-hydrogen) atoms. The summed E-state index contributed by atoms with van der Waals surface area (Å²) >= 11 is 8.96. The lowest BCUT2D eigenvalue weighted by Crippen LogP contribution is -2.39. The van der Waals surface area contributed by atoms with E-state index in [0.29, 0.717) is 16.2 Å². The van der Waals surface area contributed by atoms with Crippen LogP contribution in [-0.4, -0.2) is 31.1 Å². The maximum Gasteiger partial charge on any atom is 0.190 e. The van der Waals surface area contributed by atoms with Crippen LogP contribution in [0, 0.1) is 5.82 Å². The van der Waals surface area contributed by atoms with E-state index in [1.54, 1.807) is 31.4 Å². The quantitative estimate of drug-likeness (QED) is 0.432. The zero-order valence-corrected chi connectivity index (χ0v) is 15.7. The molecule has 1 aromatic heterocycles. The van der Waals surface area contributed by atoms with E-state index in [2.05, 4.69) is 36.5 Å². The summed E-state index contributed by atoms with van der Waals surface area (Å²) in [5.41, 5.74) is 2.16. The molecule has 0 radical (unpaired) electrons. The molecule has 2 aromatic rings. The molecule has 2 N–H and O–H groups in total. The second kappa shape index (κ2) is 9.59. The number of nitrogens with one attached hydrogen (secondary N) is 2. The molecule has 2 rings (SSSR count). The van der Waals surface area contributed by atoms with Gasteiger partial charge in [-0.25, -0.2) is 9.37 Å². The number of hydrogen-bond donors (Lipinski definition) is 2. The SMILES string of the molecule is CN=C(NCCc1ccc(Cl)nc1)NCCc1ccc(F)c(Br)c1. The predicted molar refractivity (Wildman–Crippen MR) is 100 cm³/mol. The second-order valence-electron chi connectivity index (χ2n) is 5.16. The molecule has 0 saturated heterocycles. The van der Waals surface area contributed by atoms with Crippen LogP contribution >= 0.6 is 27.5 Å². The topological polar surface area (TPSA) is 49.3 Å². The Bertz CT molecular complexity index is 691. The van der Waals surface area contributed by atoms with E-state index < -0.39 is 0 Å². The molecule has 0 bridgehead atoms. The van der Waals surface area contributed by atoms with Crippen molar-refractivity contribution in [3.8, 4) is 0 Å². The fraction of sp³-hybridized carbons (Fsp3) is 0.294. The van der Waals surface area contributed by atoms with E-state index in [1.807, 2.05) is 6.07 Å². The molecular weight excluding hydrogens is 395 g/mol. The average molecular weight is 414 g/mol. The number of pyridine rings is 1. The Kier molecular flexibility index (Phi) is 7.46. The summed E-state index contributed by atoms with van der Waals surface area (Å²) in [6.45, 7) is 1.45. The van der Waals surface area contributed by atoms with Crippen LogP contribution in [0.3, 0.4) is 0 Å².